The van der Waals surface area contributed by atoms with E-state index in [2.05, 4.69) is 5.32 Å². The summed E-state index contributed by atoms with van der Waals surface area (Å²) in [6.07, 6.45) is 0. The van der Waals surface area contributed by atoms with Gasteiger partial charge in [-0.15, -0.1) is 0 Å². The smallest absolute Gasteiger partial charge is 0.244 e. The third kappa shape index (κ3) is 4.45. The zero-order valence-corrected chi connectivity index (χ0v) is 13.9. The van der Waals surface area contributed by atoms with Crippen LogP contribution in [0.15, 0.2) is 42.5 Å². The number of ether oxygens (including phenoxy) is 1. The van der Waals surface area contributed by atoms with Crippen LogP contribution in [0.1, 0.15) is 6.92 Å². The van der Waals surface area contributed by atoms with E-state index in [1.807, 2.05) is 0 Å². The molecule has 2 rings (SSSR count). The summed E-state index contributed by atoms with van der Waals surface area (Å²) in [5, 5.41) is 2.99. The van der Waals surface area contributed by atoms with E-state index in [9.17, 15) is 14.0 Å². The maximum Gasteiger partial charge on any atom is 0.244 e. The van der Waals surface area contributed by atoms with Crippen LogP contribution in [0.4, 0.5) is 15.8 Å². The summed E-state index contributed by atoms with van der Waals surface area (Å²) in [4.78, 5) is 25.1. The van der Waals surface area contributed by atoms with Gasteiger partial charge in [-0.25, -0.2) is 4.39 Å². The molecule has 0 saturated heterocycles. The minimum atomic E-state index is -0.485. The number of halogens is 2. The minimum absolute atomic E-state index is 0.248. The van der Waals surface area contributed by atoms with Gasteiger partial charge in [0.25, 0.3) is 0 Å². The number of methoxy groups -OCH3 is 1. The lowest BCUT2D eigenvalue weighted by atomic mass is 10.2. The van der Waals surface area contributed by atoms with Gasteiger partial charge in [0, 0.05) is 18.3 Å². The number of hydrogen-bond donors (Lipinski definition) is 1. The molecule has 0 aliphatic heterocycles. The Kier molecular flexibility index (Phi) is 5.76. The first kappa shape index (κ1) is 17.7. The van der Waals surface area contributed by atoms with Crippen molar-refractivity contribution < 1.29 is 18.7 Å². The summed E-state index contributed by atoms with van der Waals surface area (Å²) < 4.78 is 18.4. The summed E-state index contributed by atoms with van der Waals surface area (Å²) >= 11 is 6.00. The van der Waals surface area contributed by atoms with Gasteiger partial charge in [-0.2, -0.15) is 0 Å². The Morgan fingerprint density at radius 2 is 2.00 bits per heavy atom. The first-order valence-electron chi connectivity index (χ1n) is 7.07. The molecule has 0 bridgehead atoms. The van der Waals surface area contributed by atoms with Crippen molar-refractivity contribution in [3.05, 3.63) is 53.3 Å². The van der Waals surface area contributed by atoms with Crippen molar-refractivity contribution in [2.75, 3.05) is 23.9 Å². The van der Waals surface area contributed by atoms with E-state index in [1.165, 1.54) is 37.1 Å². The molecule has 0 radical (unpaired) electrons. The topological polar surface area (TPSA) is 58.6 Å². The number of carbonyl (C=O) groups excluding carboxylic acids is 2. The Hall–Kier alpha value is -2.60. The van der Waals surface area contributed by atoms with Gasteiger partial charge in [-0.3, -0.25) is 9.59 Å². The molecule has 0 aliphatic carbocycles. The predicted octanol–water partition coefficient (Wildman–Crippen LogP) is 3.48. The normalized spacial score (nSPS) is 10.2. The Morgan fingerprint density at radius 1 is 1.25 bits per heavy atom. The van der Waals surface area contributed by atoms with Crippen molar-refractivity contribution in [1.29, 1.82) is 0 Å². The average Bonchev–Trinajstić information content (AvgIpc) is 2.52. The van der Waals surface area contributed by atoms with Gasteiger partial charge in [-0.05, 0) is 36.4 Å². The molecular weight excluding hydrogens is 335 g/mol. The lowest BCUT2D eigenvalue weighted by Crippen LogP contribution is -2.36. The van der Waals surface area contributed by atoms with Gasteiger partial charge < -0.3 is 15.0 Å². The van der Waals surface area contributed by atoms with E-state index >= 15 is 0 Å². The highest BCUT2D eigenvalue weighted by molar-refractivity contribution is 6.32. The Bertz CT molecular complexity index is 767. The molecular formula is C17H16ClFN2O3. The lowest BCUT2D eigenvalue weighted by Gasteiger charge is -2.20. The molecule has 7 heteroatoms. The summed E-state index contributed by atoms with van der Waals surface area (Å²) in [5.41, 5.74) is 0.777. The van der Waals surface area contributed by atoms with Crippen molar-refractivity contribution in [2.24, 2.45) is 0 Å². The molecule has 0 aliphatic rings. The van der Waals surface area contributed by atoms with E-state index in [0.29, 0.717) is 22.1 Å². The SMILES string of the molecule is COc1ccc(NC(=O)CN(C(C)=O)c2cccc(F)c2)cc1Cl. The first-order valence-corrected chi connectivity index (χ1v) is 7.45. The highest BCUT2D eigenvalue weighted by Crippen LogP contribution is 2.27. The number of carbonyl (C=O) groups is 2. The molecule has 2 amide bonds. The standard InChI is InChI=1S/C17H16ClFN2O3/c1-11(22)21(14-5-3-4-12(19)8-14)10-17(23)20-13-6-7-16(24-2)15(18)9-13/h3-9H,10H2,1-2H3,(H,20,23). The monoisotopic (exact) mass is 350 g/mol. The number of nitrogens with one attached hydrogen (secondary N) is 1. The van der Waals surface area contributed by atoms with Crippen LogP contribution in [0.2, 0.25) is 5.02 Å². The summed E-state index contributed by atoms with van der Waals surface area (Å²) in [7, 11) is 1.49. The van der Waals surface area contributed by atoms with E-state index in [4.69, 9.17) is 16.3 Å². The number of anilines is 2. The fourth-order valence-corrected chi connectivity index (χ4v) is 2.37. The third-order valence-electron chi connectivity index (χ3n) is 3.24. The molecule has 5 nitrogen and oxygen atoms in total. The molecule has 0 unspecified atom stereocenters. The van der Waals surface area contributed by atoms with E-state index in [1.54, 1.807) is 24.3 Å². The Balaban J connectivity index is 2.11. The van der Waals surface area contributed by atoms with Crippen LogP contribution in [0, 0.1) is 5.82 Å². The molecule has 0 spiro atoms. The van der Waals surface area contributed by atoms with Crippen LogP contribution in [0.5, 0.6) is 5.75 Å². The van der Waals surface area contributed by atoms with Crippen molar-refractivity contribution in [3.63, 3.8) is 0 Å². The molecule has 126 valence electrons. The number of rotatable bonds is 5. The molecule has 0 aromatic heterocycles. The second-order valence-electron chi connectivity index (χ2n) is 4.98. The van der Waals surface area contributed by atoms with Crippen molar-refractivity contribution in [2.45, 2.75) is 6.92 Å². The zero-order chi connectivity index (χ0) is 17.7. The largest absolute Gasteiger partial charge is 0.495 e. The van der Waals surface area contributed by atoms with Crippen LogP contribution in [-0.2, 0) is 9.59 Å². The molecule has 0 atom stereocenters. The Labute approximate surface area is 144 Å². The van der Waals surface area contributed by atoms with Crippen molar-refractivity contribution >= 4 is 34.8 Å². The molecule has 1 N–H and O–H groups in total. The van der Waals surface area contributed by atoms with E-state index in [0.717, 1.165) is 0 Å². The van der Waals surface area contributed by atoms with E-state index in [-0.39, 0.29) is 12.5 Å². The third-order valence-corrected chi connectivity index (χ3v) is 3.53. The molecule has 2 aromatic rings. The minimum Gasteiger partial charge on any atom is -0.495 e. The average molecular weight is 351 g/mol. The molecule has 2 aromatic carbocycles. The highest BCUT2D eigenvalue weighted by atomic mass is 35.5. The van der Waals surface area contributed by atoms with Crippen LogP contribution < -0.4 is 15.0 Å². The number of hydrogen-bond acceptors (Lipinski definition) is 3. The summed E-state index contributed by atoms with van der Waals surface area (Å²) in [5.74, 6) is -0.805. The van der Waals surface area contributed by atoms with Crippen LogP contribution in [0.25, 0.3) is 0 Å². The van der Waals surface area contributed by atoms with Crippen LogP contribution >= 0.6 is 11.6 Å². The quantitative estimate of drug-likeness (QED) is 0.898. The Morgan fingerprint density at radius 3 is 2.58 bits per heavy atom. The highest BCUT2D eigenvalue weighted by Gasteiger charge is 2.16. The maximum atomic E-state index is 13.3. The molecule has 0 saturated carbocycles. The van der Waals surface area contributed by atoms with Gasteiger partial charge in [0.05, 0.1) is 12.1 Å². The van der Waals surface area contributed by atoms with Gasteiger partial charge in [-0.1, -0.05) is 17.7 Å². The van der Waals surface area contributed by atoms with Crippen molar-refractivity contribution in [1.82, 2.24) is 0 Å². The number of benzene rings is 2. The van der Waals surface area contributed by atoms with Crippen molar-refractivity contribution in [3.8, 4) is 5.75 Å². The second-order valence-corrected chi connectivity index (χ2v) is 5.39. The van der Waals surface area contributed by atoms with Crippen LogP contribution in [-0.4, -0.2) is 25.5 Å². The van der Waals surface area contributed by atoms with Crippen LogP contribution in [0.3, 0.4) is 0 Å². The lowest BCUT2D eigenvalue weighted by molar-refractivity contribution is -0.120. The fraction of sp³-hybridized carbons (Fsp3) is 0.176. The number of amides is 2. The zero-order valence-electron chi connectivity index (χ0n) is 13.2. The second kappa shape index (κ2) is 7.79. The van der Waals surface area contributed by atoms with Gasteiger partial charge in [0.2, 0.25) is 11.8 Å². The van der Waals surface area contributed by atoms with Gasteiger partial charge in [0.15, 0.2) is 0 Å². The molecule has 0 heterocycles. The fourth-order valence-electron chi connectivity index (χ4n) is 2.12. The predicted molar refractivity (Wildman–Crippen MR) is 91.1 cm³/mol. The summed E-state index contributed by atoms with van der Waals surface area (Å²) in [6, 6.07) is 10.3. The van der Waals surface area contributed by atoms with Gasteiger partial charge >= 0.3 is 0 Å². The first-order chi connectivity index (χ1) is 11.4. The maximum absolute atomic E-state index is 13.3. The molecule has 24 heavy (non-hydrogen) atoms. The number of nitrogens with zero attached hydrogens (tertiary/aromatic N) is 1. The van der Waals surface area contributed by atoms with E-state index < -0.39 is 11.7 Å². The summed E-state index contributed by atoms with van der Waals surface area (Å²) in [6.45, 7) is 1.06. The van der Waals surface area contributed by atoms with Gasteiger partial charge in [0.1, 0.15) is 18.1 Å². The molecule has 0 fully saturated rings.